The monoisotopic (exact) mass is 305 g/mol. The highest BCUT2D eigenvalue weighted by Crippen LogP contribution is 2.44. The number of piperidine rings is 1. The summed E-state index contributed by atoms with van der Waals surface area (Å²) < 4.78 is 18.8. The number of nitrogens with zero attached hydrogens (tertiary/aromatic N) is 1. The van der Waals surface area contributed by atoms with Crippen LogP contribution in [0.5, 0.6) is 0 Å². The van der Waals surface area contributed by atoms with Crippen LogP contribution in [-0.2, 0) is 17.6 Å². The number of hydrogen-bond donors (Lipinski definition) is 0. The summed E-state index contributed by atoms with van der Waals surface area (Å²) in [5.41, 5.74) is 2.17. The Balaban J connectivity index is 1.62. The molecule has 1 amide bonds. The van der Waals surface area contributed by atoms with Gasteiger partial charge in [0, 0.05) is 13.1 Å². The van der Waals surface area contributed by atoms with Gasteiger partial charge in [-0.2, -0.15) is 0 Å². The van der Waals surface area contributed by atoms with Crippen LogP contribution in [0.4, 0.5) is 9.18 Å². The Kier molecular flexibility index (Phi) is 3.66. The molecule has 3 rings (SSSR count). The first-order valence-electron chi connectivity index (χ1n) is 8.02. The van der Waals surface area contributed by atoms with E-state index in [2.05, 4.69) is 0 Å². The number of likely N-dealkylation sites (tertiary alicyclic amines) is 1. The minimum absolute atomic E-state index is 0.151. The lowest BCUT2D eigenvalue weighted by Crippen LogP contribution is -2.45. The smallest absolute Gasteiger partial charge is 0.410 e. The van der Waals surface area contributed by atoms with Crippen LogP contribution in [0, 0.1) is 11.2 Å². The molecule has 0 saturated carbocycles. The van der Waals surface area contributed by atoms with Crippen LogP contribution < -0.4 is 0 Å². The van der Waals surface area contributed by atoms with Crippen LogP contribution >= 0.6 is 0 Å². The molecule has 4 heteroatoms. The van der Waals surface area contributed by atoms with E-state index >= 15 is 0 Å². The normalized spacial score (nSPS) is 20.1. The first-order chi connectivity index (χ1) is 10.3. The molecule has 2 aliphatic rings. The summed E-state index contributed by atoms with van der Waals surface area (Å²) in [6, 6.07) is 5.14. The van der Waals surface area contributed by atoms with Crippen molar-refractivity contribution in [2.75, 3.05) is 13.1 Å². The topological polar surface area (TPSA) is 29.5 Å². The van der Waals surface area contributed by atoms with Crippen molar-refractivity contribution in [3.63, 3.8) is 0 Å². The molecule has 1 aromatic rings. The third-order valence-corrected chi connectivity index (χ3v) is 4.78. The summed E-state index contributed by atoms with van der Waals surface area (Å²) in [6.07, 6.45) is 3.64. The SMILES string of the molecule is CC(C)(C)OC(=O)N1CCC2(CC1)Cc1ccc(F)cc1C2. The molecule has 1 aromatic carbocycles. The zero-order chi connectivity index (χ0) is 16.0. The second kappa shape index (κ2) is 5.25. The van der Waals surface area contributed by atoms with Crippen molar-refractivity contribution in [1.82, 2.24) is 4.90 Å². The molecule has 1 aliphatic carbocycles. The van der Waals surface area contributed by atoms with E-state index in [4.69, 9.17) is 4.74 Å². The van der Waals surface area contributed by atoms with Crippen LogP contribution in [0.1, 0.15) is 44.7 Å². The zero-order valence-electron chi connectivity index (χ0n) is 13.6. The van der Waals surface area contributed by atoms with Gasteiger partial charge < -0.3 is 9.64 Å². The van der Waals surface area contributed by atoms with E-state index in [0.717, 1.165) is 44.3 Å². The third-order valence-electron chi connectivity index (χ3n) is 4.78. The van der Waals surface area contributed by atoms with Gasteiger partial charge in [-0.05, 0) is 75.1 Å². The number of rotatable bonds is 0. The minimum atomic E-state index is -0.451. The highest BCUT2D eigenvalue weighted by Gasteiger charge is 2.41. The molecule has 1 fully saturated rings. The summed E-state index contributed by atoms with van der Waals surface area (Å²) in [5.74, 6) is -0.151. The number of halogens is 1. The van der Waals surface area contributed by atoms with Crippen molar-refractivity contribution in [2.24, 2.45) is 5.41 Å². The van der Waals surface area contributed by atoms with Gasteiger partial charge in [0.1, 0.15) is 11.4 Å². The summed E-state index contributed by atoms with van der Waals surface area (Å²) in [5, 5.41) is 0. The standard InChI is InChI=1S/C18H24FNO2/c1-17(2,3)22-16(21)20-8-6-18(7-9-20)11-13-4-5-15(19)10-14(13)12-18/h4-5,10H,6-9,11-12H2,1-3H3. The number of amides is 1. The Morgan fingerprint density at radius 1 is 1.18 bits per heavy atom. The van der Waals surface area contributed by atoms with Gasteiger partial charge >= 0.3 is 6.09 Å². The number of carbonyl (C=O) groups is 1. The molecular formula is C18H24FNO2. The van der Waals surface area contributed by atoms with Crippen molar-refractivity contribution < 1.29 is 13.9 Å². The predicted octanol–water partition coefficient (Wildman–Crippen LogP) is 3.94. The zero-order valence-corrected chi connectivity index (χ0v) is 13.6. The second-order valence-electron chi connectivity index (χ2n) is 7.73. The summed E-state index contributed by atoms with van der Waals surface area (Å²) in [4.78, 5) is 13.9. The fourth-order valence-electron chi connectivity index (χ4n) is 3.65. The van der Waals surface area contributed by atoms with Crippen molar-refractivity contribution in [2.45, 2.75) is 52.1 Å². The molecule has 0 aromatic heterocycles. The van der Waals surface area contributed by atoms with E-state index in [1.165, 1.54) is 5.56 Å². The largest absolute Gasteiger partial charge is 0.444 e. The molecule has 0 atom stereocenters. The van der Waals surface area contributed by atoms with Crippen molar-refractivity contribution in [1.29, 1.82) is 0 Å². The average Bonchev–Trinajstić information content (AvgIpc) is 2.74. The Hall–Kier alpha value is -1.58. The van der Waals surface area contributed by atoms with Gasteiger partial charge in [0.2, 0.25) is 0 Å². The van der Waals surface area contributed by atoms with E-state index in [1.807, 2.05) is 26.8 Å². The molecule has 3 nitrogen and oxygen atoms in total. The average molecular weight is 305 g/mol. The molecular weight excluding hydrogens is 281 g/mol. The van der Waals surface area contributed by atoms with Crippen LogP contribution in [0.25, 0.3) is 0 Å². The predicted molar refractivity (Wildman–Crippen MR) is 83.3 cm³/mol. The third kappa shape index (κ3) is 3.11. The van der Waals surface area contributed by atoms with Crippen molar-refractivity contribution >= 4 is 6.09 Å². The first-order valence-corrected chi connectivity index (χ1v) is 8.02. The number of benzene rings is 1. The lowest BCUT2D eigenvalue weighted by molar-refractivity contribution is 0.0111. The van der Waals surface area contributed by atoms with Crippen LogP contribution in [-0.4, -0.2) is 29.7 Å². The molecule has 22 heavy (non-hydrogen) atoms. The number of hydrogen-bond acceptors (Lipinski definition) is 2. The van der Waals surface area contributed by atoms with Crippen molar-refractivity contribution in [3.8, 4) is 0 Å². The quantitative estimate of drug-likeness (QED) is 0.726. The lowest BCUT2D eigenvalue weighted by Gasteiger charge is -2.39. The van der Waals surface area contributed by atoms with Gasteiger partial charge in [-0.15, -0.1) is 0 Å². The second-order valence-corrected chi connectivity index (χ2v) is 7.73. The molecule has 1 spiro atoms. The molecule has 0 N–H and O–H groups in total. The van der Waals surface area contributed by atoms with Gasteiger partial charge in [0.25, 0.3) is 0 Å². The van der Waals surface area contributed by atoms with E-state index in [0.29, 0.717) is 0 Å². The van der Waals surface area contributed by atoms with Crippen LogP contribution in [0.3, 0.4) is 0 Å². The minimum Gasteiger partial charge on any atom is -0.444 e. The number of carbonyl (C=O) groups excluding carboxylic acids is 1. The number of ether oxygens (including phenoxy) is 1. The van der Waals surface area contributed by atoms with E-state index in [9.17, 15) is 9.18 Å². The molecule has 1 heterocycles. The van der Waals surface area contributed by atoms with Gasteiger partial charge in [0.05, 0.1) is 0 Å². The molecule has 1 saturated heterocycles. The van der Waals surface area contributed by atoms with Crippen LogP contribution in [0.2, 0.25) is 0 Å². The number of fused-ring (bicyclic) bond motifs is 1. The Bertz CT molecular complexity index is 583. The van der Waals surface area contributed by atoms with Gasteiger partial charge in [-0.25, -0.2) is 9.18 Å². The molecule has 0 radical (unpaired) electrons. The summed E-state index contributed by atoms with van der Waals surface area (Å²) >= 11 is 0. The fourth-order valence-corrected chi connectivity index (χ4v) is 3.65. The first kappa shape index (κ1) is 15.3. The highest BCUT2D eigenvalue weighted by molar-refractivity contribution is 5.68. The molecule has 120 valence electrons. The maximum absolute atomic E-state index is 13.4. The Morgan fingerprint density at radius 2 is 1.82 bits per heavy atom. The Morgan fingerprint density at radius 3 is 2.45 bits per heavy atom. The molecule has 0 unspecified atom stereocenters. The van der Waals surface area contributed by atoms with Gasteiger partial charge in [-0.1, -0.05) is 6.07 Å². The van der Waals surface area contributed by atoms with Crippen molar-refractivity contribution in [3.05, 3.63) is 35.1 Å². The summed E-state index contributed by atoms with van der Waals surface area (Å²) in [7, 11) is 0. The van der Waals surface area contributed by atoms with Crippen LogP contribution in [0.15, 0.2) is 18.2 Å². The molecule has 1 aliphatic heterocycles. The molecule has 0 bridgehead atoms. The summed E-state index contributed by atoms with van der Waals surface area (Å²) in [6.45, 7) is 7.12. The maximum atomic E-state index is 13.4. The van der Waals surface area contributed by atoms with Gasteiger partial charge in [-0.3, -0.25) is 0 Å². The van der Waals surface area contributed by atoms with E-state index < -0.39 is 5.60 Å². The lowest BCUT2D eigenvalue weighted by atomic mass is 9.76. The highest BCUT2D eigenvalue weighted by atomic mass is 19.1. The fraction of sp³-hybridized carbons (Fsp3) is 0.611. The van der Waals surface area contributed by atoms with Gasteiger partial charge in [0.15, 0.2) is 0 Å². The van der Waals surface area contributed by atoms with E-state index in [-0.39, 0.29) is 17.3 Å². The van der Waals surface area contributed by atoms with E-state index in [1.54, 1.807) is 17.0 Å². The maximum Gasteiger partial charge on any atom is 0.410 e. The Labute approximate surface area is 131 Å².